The molecule has 0 aliphatic carbocycles. The van der Waals surface area contributed by atoms with Crippen LogP contribution in [-0.4, -0.2) is 25.0 Å². The first-order valence-corrected chi connectivity index (χ1v) is 9.14. The smallest absolute Gasteiger partial charge is 0.276 e. The second-order valence-electron chi connectivity index (χ2n) is 7.49. The molecule has 0 spiro atoms. The van der Waals surface area contributed by atoms with Gasteiger partial charge in [0.15, 0.2) is 13.2 Å². The fourth-order valence-electron chi connectivity index (χ4n) is 2.36. The molecule has 0 atom stereocenters. The summed E-state index contributed by atoms with van der Waals surface area (Å²) >= 11 is 0. The number of amides is 2. The van der Waals surface area contributed by atoms with Crippen molar-refractivity contribution in [2.24, 2.45) is 5.73 Å². The molecule has 2 aromatic rings. The number of ether oxygens (including phenoxy) is 2. The van der Waals surface area contributed by atoms with E-state index in [0.717, 1.165) is 5.56 Å². The Bertz CT molecular complexity index is 853. The number of carbonyl (C=O) groups is 2. The molecule has 0 aromatic heterocycles. The molecule has 7 heteroatoms. The zero-order valence-electron chi connectivity index (χ0n) is 17.0. The van der Waals surface area contributed by atoms with Crippen LogP contribution in [-0.2, 0) is 15.0 Å². The molecule has 7 nitrogen and oxygen atoms in total. The highest BCUT2D eigenvalue weighted by molar-refractivity contribution is 5.78. The summed E-state index contributed by atoms with van der Waals surface area (Å²) < 4.78 is 10.7. The number of nitrogens with one attached hydrogen (secondary N) is 2. The van der Waals surface area contributed by atoms with Gasteiger partial charge in [-0.15, -0.1) is 0 Å². The molecule has 2 aromatic carbocycles. The molecule has 29 heavy (non-hydrogen) atoms. The molecule has 4 N–H and O–H groups in total. The summed E-state index contributed by atoms with van der Waals surface area (Å²) in [5.74, 6) is 0.247. The van der Waals surface area contributed by atoms with Crippen molar-refractivity contribution in [3.8, 4) is 11.5 Å². The van der Waals surface area contributed by atoms with Crippen LogP contribution in [0.4, 0.5) is 0 Å². The molecule has 0 heterocycles. The van der Waals surface area contributed by atoms with Crippen molar-refractivity contribution in [2.75, 3.05) is 13.2 Å². The first-order valence-electron chi connectivity index (χ1n) is 9.14. The minimum absolute atomic E-state index is 0.0619. The van der Waals surface area contributed by atoms with Gasteiger partial charge in [0.25, 0.3) is 11.8 Å². The van der Waals surface area contributed by atoms with Gasteiger partial charge in [0.1, 0.15) is 11.5 Å². The van der Waals surface area contributed by atoms with Gasteiger partial charge in [0.2, 0.25) is 0 Å². The van der Waals surface area contributed by atoms with E-state index in [4.69, 9.17) is 15.2 Å². The Morgan fingerprint density at radius 3 is 1.93 bits per heavy atom. The van der Waals surface area contributed by atoms with Crippen molar-refractivity contribution in [1.82, 2.24) is 10.9 Å². The SMILES string of the molecule is C=C(NNC(=O)COc1ccc(C(C)(C)C)cc1)c1ccc(OCC(N)=O)cc1. The molecule has 2 rings (SSSR count). The summed E-state index contributed by atoms with van der Waals surface area (Å²) in [7, 11) is 0. The van der Waals surface area contributed by atoms with E-state index < -0.39 is 5.91 Å². The lowest BCUT2D eigenvalue weighted by atomic mass is 9.87. The summed E-state index contributed by atoms with van der Waals surface area (Å²) in [5, 5.41) is 0. The Morgan fingerprint density at radius 2 is 1.41 bits per heavy atom. The lowest BCUT2D eigenvalue weighted by Crippen LogP contribution is -2.38. The first-order chi connectivity index (χ1) is 13.6. The molecule has 0 unspecified atom stereocenters. The third kappa shape index (κ3) is 7.21. The molecule has 2 amide bonds. The van der Waals surface area contributed by atoms with E-state index in [1.54, 1.807) is 24.3 Å². The fraction of sp³-hybridized carbons (Fsp3) is 0.273. The monoisotopic (exact) mass is 397 g/mol. The Hall–Kier alpha value is -3.48. The van der Waals surface area contributed by atoms with E-state index in [9.17, 15) is 9.59 Å². The third-order valence-corrected chi connectivity index (χ3v) is 4.03. The number of primary amides is 1. The van der Waals surface area contributed by atoms with Gasteiger partial charge >= 0.3 is 0 Å². The average Bonchev–Trinajstić information content (AvgIpc) is 2.69. The number of hydrogen-bond acceptors (Lipinski definition) is 5. The highest BCUT2D eigenvalue weighted by Gasteiger charge is 2.13. The Balaban J connectivity index is 1.77. The Morgan fingerprint density at radius 1 is 0.897 bits per heavy atom. The van der Waals surface area contributed by atoms with Gasteiger partial charge in [-0.1, -0.05) is 39.5 Å². The maximum atomic E-state index is 12.0. The van der Waals surface area contributed by atoms with Crippen LogP contribution in [0.15, 0.2) is 55.1 Å². The highest BCUT2D eigenvalue weighted by Crippen LogP contribution is 2.24. The normalized spacial score (nSPS) is 10.7. The topological polar surface area (TPSA) is 103 Å². The summed E-state index contributed by atoms with van der Waals surface area (Å²) in [6.07, 6.45) is 0. The van der Waals surface area contributed by atoms with Crippen molar-refractivity contribution >= 4 is 17.5 Å². The molecular formula is C22H27N3O4. The van der Waals surface area contributed by atoms with Crippen LogP contribution in [0.25, 0.3) is 5.70 Å². The fourth-order valence-corrected chi connectivity index (χ4v) is 2.36. The predicted octanol–water partition coefficient (Wildman–Crippen LogP) is 2.52. The van der Waals surface area contributed by atoms with E-state index >= 15 is 0 Å². The molecule has 0 aliphatic heterocycles. The standard InChI is InChI=1S/C22H27N3O4/c1-15(16-5-9-18(10-6-16)28-13-20(23)26)24-25-21(27)14-29-19-11-7-17(8-12-19)22(2,3)4/h5-12,24H,1,13-14H2,2-4H3,(H2,23,26)(H,25,27). The first kappa shape index (κ1) is 21.8. The van der Waals surface area contributed by atoms with Crippen LogP contribution in [0.1, 0.15) is 31.9 Å². The van der Waals surface area contributed by atoms with Crippen LogP contribution in [0.5, 0.6) is 11.5 Å². The maximum absolute atomic E-state index is 12.0. The zero-order chi connectivity index (χ0) is 21.4. The van der Waals surface area contributed by atoms with E-state index in [1.807, 2.05) is 24.3 Å². The van der Waals surface area contributed by atoms with Crippen molar-refractivity contribution < 1.29 is 19.1 Å². The summed E-state index contributed by atoms with van der Waals surface area (Å²) in [6.45, 7) is 9.96. The summed E-state index contributed by atoms with van der Waals surface area (Å²) in [4.78, 5) is 22.7. The number of rotatable bonds is 9. The van der Waals surface area contributed by atoms with Crippen molar-refractivity contribution in [3.63, 3.8) is 0 Å². The lowest BCUT2D eigenvalue weighted by molar-refractivity contribution is -0.123. The number of benzene rings is 2. The van der Waals surface area contributed by atoms with Gasteiger partial charge in [-0.25, -0.2) is 0 Å². The van der Waals surface area contributed by atoms with Gasteiger partial charge in [-0.05, 0) is 52.9 Å². The quantitative estimate of drug-likeness (QED) is 0.564. The van der Waals surface area contributed by atoms with E-state index in [1.165, 1.54) is 5.56 Å². The van der Waals surface area contributed by atoms with Gasteiger partial charge in [0, 0.05) is 0 Å². The molecule has 0 radical (unpaired) electrons. The van der Waals surface area contributed by atoms with E-state index in [2.05, 4.69) is 38.2 Å². The second kappa shape index (κ2) is 9.64. The molecule has 0 fully saturated rings. The van der Waals surface area contributed by atoms with Crippen LogP contribution in [0, 0.1) is 0 Å². The zero-order valence-corrected chi connectivity index (χ0v) is 17.0. The number of carbonyl (C=O) groups excluding carboxylic acids is 2. The van der Waals surface area contributed by atoms with Crippen LogP contribution in [0.2, 0.25) is 0 Å². The predicted molar refractivity (Wildman–Crippen MR) is 112 cm³/mol. The van der Waals surface area contributed by atoms with E-state index in [-0.39, 0.29) is 24.5 Å². The van der Waals surface area contributed by atoms with Gasteiger partial charge < -0.3 is 15.2 Å². The van der Waals surface area contributed by atoms with Crippen LogP contribution < -0.4 is 26.1 Å². The van der Waals surface area contributed by atoms with Crippen molar-refractivity contribution in [1.29, 1.82) is 0 Å². The van der Waals surface area contributed by atoms with Crippen molar-refractivity contribution in [3.05, 3.63) is 66.2 Å². The minimum Gasteiger partial charge on any atom is -0.484 e. The molecule has 154 valence electrons. The van der Waals surface area contributed by atoms with Gasteiger partial charge in [-0.3, -0.25) is 20.4 Å². The summed E-state index contributed by atoms with van der Waals surface area (Å²) in [6, 6.07) is 14.5. The second-order valence-corrected chi connectivity index (χ2v) is 7.49. The molecular weight excluding hydrogens is 370 g/mol. The number of hydrogen-bond donors (Lipinski definition) is 3. The molecule has 0 saturated carbocycles. The summed E-state index contributed by atoms with van der Waals surface area (Å²) in [5.41, 5.74) is 12.8. The molecule has 0 bridgehead atoms. The highest BCUT2D eigenvalue weighted by atomic mass is 16.5. The maximum Gasteiger partial charge on any atom is 0.276 e. The largest absolute Gasteiger partial charge is 0.484 e. The molecule has 0 aliphatic rings. The van der Waals surface area contributed by atoms with Crippen molar-refractivity contribution in [2.45, 2.75) is 26.2 Å². The van der Waals surface area contributed by atoms with Gasteiger partial charge in [-0.2, -0.15) is 0 Å². The number of hydrazine groups is 1. The minimum atomic E-state index is -0.546. The molecule has 0 saturated heterocycles. The Labute approximate surface area is 170 Å². The number of nitrogens with two attached hydrogens (primary N) is 1. The van der Waals surface area contributed by atoms with Crippen LogP contribution in [0.3, 0.4) is 0 Å². The Kier molecular flexibility index (Phi) is 7.25. The van der Waals surface area contributed by atoms with Crippen LogP contribution >= 0.6 is 0 Å². The third-order valence-electron chi connectivity index (χ3n) is 4.03. The average molecular weight is 397 g/mol. The lowest BCUT2D eigenvalue weighted by Gasteiger charge is -2.19. The van der Waals surface area contributed by atoms with Gasteiger partial charge in [0.05, 0.1) is 5.70 Å². The van der Waals surface area contributed by atoms with E-state index in [0.29, 0.717) is 17.2 Å².